The van der Waals surface area contributed by atoms with Gasteiger partial charge in [0.15, 0.2) is 11.5 Å². The molecule has 0 saturated heterocycles. The van der Waals surface area contributed by atoms with E-state index in [1.165, 1.54) is 0 Å². The van der Waals surface area contributed by atoms with Crippen LogP contribution in [0.25, 0.3) is 0 Å². The second-order valence-electron chi connectivity index (χ2n) is 6.46. The van der Waals surface area contributed by atoms with E-state index in [2.05, 4.69) is 24.5 Å². The molecule has 0 spiro atoms. The number of ether oxygens (including phenoxy) is 3. The Morgan fingerprint density at radius 2 is 2.00 bits per heavy atom. The highest BCUT2D eigenvalue weighted by Gasteiger charge is 2.33. The minimum absolute atomic E-state index is 0.163. The molecule has 0 aromatic heterocycles. The number of carbonyl (C=O) groups excluding carboxylic acids is 2. The number of esters is 1. The Kier molecular flexibility index (Phi) is 5.35. The zero-order chi connectivity index (χ0) is 18.7. The van der Waals surface area contributed by atoms with E-state index in [1.54, 1.807) is 19.1 Å². The monoisotopic (exact) mass is 360 g/mol. The zero-order valence-corrected chi connectivity index (χ0v) is 15.3. The first kappa shape index (κ1) is 18.1. The van der Waals surface area contributed by atoms with Crippen LogP contribution in [0.1, 0.15) is 45.2 Å². The number of benzene rings is 1. The minimum atomic E-state index is -0.604. The van der Waals surface area contributed by atoms with Crippen LogP contribution in [0, 0.1) is 5.92 Å². The number of hydrogen-bond acceptors (Lipinski definition) is 5. The topological polar surface area (TPSA) is 85.9 Å². The summed E-state index contributed by atoms with van der Waals surface area (Å²) in [6.07, 6.45) is 1.89. The lowest BCUT2D eigenvalue weighted by Crippen LogP contribution is -2.45. The molecular formula is C19H24N2O5. The van der Waals surface area contributed by atoms with E-state index < -0.39 is 12.0 Å². The smallest absolute Gasteiger partial charge is 0.338 e. The highest BCUT2D eigenvalue weighted by atomic mass is 16.7. The van der Waals surface area contributed by atoms with E-state index in [0.29, 0.717) is 35.3 Å². The number of urea groups is 1. The lowest BCUT2D eigenvalue weighted by Gasteiger charge is -2.28. The summed E-state index contributed by atoms with van der Waals surface area (Å²) in [5.41, 5.74) is 1.62. The number of nitrogens with one attached hydrogen (secondary N) is 2. The zero-order valence-electron chi connectivity index (χ0n) is 15.3. The van der Waals surface area contributed by atoms with E-state index in [0.717, 1.165) is 18.4 Å². The van der Waals surface area contributed by atoms with Gasteiger partial charge in [0.05, 0.1) is 18.2 Å². The fourth-order valence-electron chi connectivity index (χ4n) is 3.10. The molecule has 0 bridgehead atoms. The summed E-state index contributed by atoms with van der Waals surface area (Å²) in [5.74, 6) is 1.14. The maximum Gasteiger partial charge on any atom is 0.338 e. The van der Waals surface area contributed by atoms with E-state index in [4.69, 9.17) is 14.2 Å². The van der Waals surface area contributed by atoms with Crippen LogP contribution in [0.5, 0.6) is 11.5 Å². The van der Waals surface area contributed by atoms with Crippen molar-refractivity contribution in [3.05, 3.63) is 35.0 Å². The highest BCUT2D eigenvalue weighted by Crippen LogP contribution is 2.37. The van der Waals surface area contributed by atoms with Gasteiger partial charge >= 0.3 is 12.0 Å². The van der Waals surface area contributed by atoms with Crippen molar-refractivity contribution >= 4 is 12.0 Å². The first-order chi connectivity index (χ1) is 12.5. The number of rotatable bonds is 6. The summed E-state index contributed by atoms with van der Waals surface area (Å²) >= 11 is 0. The summed E-state index contributed by atoms with van der Waals surface area (Å²) < 4.78 is 16.3. The maximum atomic E-state index is 12.7. The van der Waals surface area contributed by atoms with Crippen LogP contribution < -0.4 is 20.1 Å². The fourth-order valence-corrected chi connectivity index (χ4v) is 3.10. The summed E-state index contributed by atoms with van der Waals surface area (Å²) in [5, 5.41) is 5.45. The van der Waals surface area contributed by atoms with Gasteiger partial charge < -0.3 is 24.8 Å². The van der Waals surface area contributed by atoms with Crippen molar-refractivity contribution in [3.8, 4) is 11.5 Å². The molecule has 1 unspecified atom stereocenters. The summed E-state index contributed by atoms with van der Waals surface area (Å²) in [4.78, 5) is 24.7. The minimum Gasteiger partial charge on any atom is -0.462 e. The van der Waals surface area contributed by atoms with Crippen LogP contribution in [0.15, 0.2) is 29.5 Å². The first-order valence-electron chi connectivity index (χ1n) is 8.88. The lowest BCUT2D eigenvalue weighted by molar-refractivity contribution is -0.141. The van der Waals surface area contributed by atoms with Gasteiger partial charge in [-0.2, -0.15) is 0 Å². The molecule has 0 saturated carbocycles. The number of amides is 2. The standard InChI is InChI=1S/C19H24N2O5/c1-4-12(5-2)9-24-18(22)16-11(3)20-19(23)21-17(16)13-6-7-14-15(8-13)26-10-25-14/h6-8,12,17H,4-5,9-10H2,1-3H3,(H2,20,21,23). The molecule has 7 heteroatoms. The SMILES string of the molecule is CCC(CC)COC(=O)C1=C(C)NC(=O)NC1c1ccc2c(c1)OCO2. The predicted molar refractivity (Wildman–Crippen MR) is 94.7 cm³/mol. The van der Waals surface area contributed by atoms with Crippen molar-refractivity contribution in [2.24, 2.45) is 5.92 Å². The maximum absolute atomic E-state index is 12.7. The van der Waals surface area contributed by atoms with Crippen molar-refractivity contribution in [1.82, 2.24) is 10.6 Å². The third-order valence-electron chi connectivity index (χ3n) is 4.82. The second kappa shape index (κ2) is 7.68. The van der Waals surface area contributed by atoms with Crippen LogP contribution in [0.3, 0.4) is 0 Å². The molecule has 140 valence electrons. The molecule has 0 radical (unpaired) electrons. The van der Waals surface area contributed by atoms with E-state index >= 15 is 0 Å². The van der Waals surface area contributed by atoms with Gasteiger partial charge in [0, 0.05) is 5.70 Å². The Balaban J connectivity index is 1.86. The van der Waals surface area contributed by atoms with Gasteiger partial charge in [-0.1, -0.05) is 32.8 Å². The second-order valence-corrected chi connectivity index (χ2v) is 6.46. The molecule has 0 aliphatic carbocycles. The molecule has 7 nitrogen and oxygen atoms in total. The van der Waals surface area contributed by atoms with Crippen molar-refractivity contribution in [1.29, 1.82) is 0 Å². The lowest BCUT2D eigenvalue weighted by atomic mass is 9.95. The first-order valence-corrected chi connectivity index (χ1v) is 8.88. The molecule has 2 amide bonds. The third-order valence-corrected chi connectivity index (χ3v) is 4.82. The van der Waals surface area contributed by atoms with Gasteiger partial charge in [-0.25, -0.2) is 9.59 Å². The third kappa shape index (κ3) is 3.61. The summed E-state index contributed by atoms with van der Waals surface area (Å²) in [6, 6.07) is 4.40. The molecule has 2 aliphatic heterocycles. The quantitative estimate of drug-likeness (QED) is 0.762. The Morgan fingerprint density at radius 1 is 1.27 bits per heavy atom. The average Bonchev–Trinajstić information content (AvgIpc) is 3.09. The van der Waals surface area contributed by atoms with E-state index in [9.17, 15) is 9.59 Å². The van der Waals surface area contributed by atoms with Crippen molar-refractivity contribution < 1.29 is 23.8 Å². The van der Waals surface area contributed by atoms with Crippen LogP contribution in [-0.4, -0.2) is 25.4 Å². The van der Waals surface area contributed by atoms with Gasteiger partial charge in [0.2, 0.25) is 6.79 Å². The molecule has 1 aromatic rings. The van der Waals surface area contributed by atoms with E-state index in [-0.39, 0.29) is 12.8 Å². The molecule has 0 fully saturated rings. The van der Waals surface area contributed by atoms with Crippen molar-refractivity contribution in [3.63, 3.8) is 0 Å². The average molecular weight is 360 g/mol. The van der Waals surface area contributed by atoms with Gasteiger partial charge in [0.1, 0.15) is 0 Å². The summed E-state index contributed by atoms with van der Waals surface area (Å²) in [6.45, 7) is 6.38. The fraction of sp³-hybridized carbons (Fsp3) is 0.474. The van der Waals surface area contributed by atoms with Crippen LogP contribution in [0.2, 0.25) is 0 Å². The van der Waals surface area contributed by atoms with Gasteiger partial charge in [0.25, 0.3) is 0 Å². The largest absolute Gasteiger partial charge is 0.462 e. The van der Waals surface area contributed by atoms with Gasteiger partial charge in [-0.05, 0) is 30.5 Å². The molecule has 1 aromatic carbocycles. The molecule has 1 atom stereocenters. The molecule has 2 aliphatic rings. The Hall–Kier alpha value is -2.70. The van der Waals surface area contributed by atoms with Crippen molar-refractivity contribution in [2.75, 3.05) is 13.4 Å². The molecule has 3 rings (SSSR count). The Morgan fingerprint density at radius 3 is 2.73 bits per heavy atom. The van der Waals surface area contributed by atoms with Crippen LogP contribution >= 0.6 is 0 Å². The van der Waals surface area contributed by atoms with Crippen LogP contribution in [0.4, 0.5) is 4.79 Å². The molecule has 26 heavy (non-hydrogen) atoms. The molecular weight excluding hydrogens is 336 g/mol. The highest BCUT2D eigenvalue weighted by molar-refractivity contribution is 5.95. The summed E-state index contributed by atoms with van der Waals surface area (Å²) in [7, 11) is 0. The normalized spacial score (nSPS) is 18.6. The van der Waals surface area contributed by atoms with Crippen LogP contribution in [-0.2, 0) is 9.53 Å². The predicted octanol–water partition coefficient (Wildman–Crippen LogP) is 3.02. The number of allylic oxidation sites excluding steroid dienone is 1. The van der Waals surface area contributed by atoms with E-state index in [1.807, 2.05) is 6.07 Å². The Bertz CT molecular complexity index is 739. The number of carbonyl (C=O) groups is 2. The number of hydrogen-bond donors (Lipinski definition) is 2. The molecule has 2 N–H and O–H groups in total. The number of fused-ring (bicyclic) bond motifs is 1. The molecule has 2 heterocycles. The Labute approximate surface area is 152 Å². The van der Waals surface area contributed by atoms with Crippen molar-refractivity contribution in [2.45, 2.75) is 39.7 Å². The van der Waals surface area contributed by atoms with Gasteiger partial charge in [-0.3, -0.25) is 0 Å². The van der Waals surface area contributed by atoms with Gasteiger partial charge in [-0.15, -0.1) is 0 Å².